The van der Waals surface area contributed by atoms with Crippen molar-refractivity contribution in [3.05, 3.63) is 164 Å². The van der Waals surface area contributed by atoms with Gasteiger partial charge in [0.05, 0.1) is 44.0 Å². The number of thiophene rings is 1. The molecule has 0 bridgehead atoms. The second kappa shape index (κ2) is 21.2. The summed E-state index contributed by atoms with van der Waals surface area (Å²) in [5.74, 6) is 0. The van der Waals surface area contributed by atoms with E-state index in [1.54, 1.807) is 0 Å². The molecule has 0 spiro atoms. The van der Waals surface area contributed by atoms with Crippen molar-refractivity contribution in [1.82, 2.24) is 0 Å². The molecule has 1 fully saturated rings. The Bertz CT molecular complexity index is 1870. The second-order valence-corrected chi connectivity index (χ2v) is 23.1. The van der Waals surface area contributed by atoms with Crippen molar-refractivity contribution in [3.8, 4) is 0 Å². The van der Waals surface area contributed by atoms with Crippen molar-refractivity contribution >= 4 is 31.3 Å². The third kappa shape index (κ3) is 11.3. The summed E-state index contributed by atoms with van der Waals surface area (Å²) >= 11 is 8.67. The van der Waals surface area contributed by atoms with E-state index in [9.17, 15) is 0 Å². The number of benzene rings is 4. The van der Waals surface area contributed by atoms with Gasteiger partial charge in [0.1, 0.15) is 30.5 Å². The molecule has 304 valence electrons. The van der Waals surface area contributed by atoms with E-state index in [1.807, 2.05) is 72.8 Å². The van der Waals surface area contributed by atoms with E-state index in [1.165, 1.54) is 11.3 Å². The first-order valence-electron chi connectivity index (χ1n) is 20.3. The zero-order valence-corrected chi connectivity index (χ0v) is 36.8. The lowest BCUT2D eigenvalue weighted by atomic mass is 9.93. The van der Waals surface area contributed by atoms with E-state index in [4.69, 9.17) is 39.7 Å². The maximum atomic E-state index is 7.19. The van der Waals surface area contributed by atoms with Crippen molar-refractivity contribution in [2.45, 2.75) is 122 Å². The molecule has 9 heteroatoms. The Labute approximate surface area is 350 Å². The van der Waals surface area contributed by atoms with Gasteiger partial charge in [-0.3, -0.25) is 0 Å². The highest BCUT2D eigenvalue weighted by atomic mass is 35.5. The van der Waals surface area contributed by atoms with Gasteiger partial charge in [0.2, 0.25) is 8.32 Å². The van der Waals surface area contributed by atoms with Crippen LogP contribution in [0.25, 0.3) is 0 Å². The lowest BCUT2D eigenvalue weighted by molar-refractivity contribution is -0.274. The predicted molar refractivity (Wildman–Crippen MR) is 234 cm³/mol. The summed E-state index contributed by atoms with van der Waals surface area (Å²) in [5, 5.41) is 0. The van der Waals surface area contributed by atoms with E-state index < -0.39 is 38.8 Å². The molecule has 4 aromatic carbocycles. The minimum Gasteiger partial charge on any atom is -0.412 e. The van der Waals surface area contributed by atoms with Crippen LogP contribution in [0.4, 0.5) is 0 Å². The van der Waals surface area contributed by atoms with E-state index in [0.717, 1.165) is 32.7 Å². The number of hydrogen-bond donors (Lipinski definition) is 0. The molecule has 5 unspecified atom stereocenters. The molecule has 0 amide bonds. The Balaban J connectivity index is 1.37. The van der Waals surface area contributed by atoms with Gasteiger partial charge in [-0.15, -0.1) is 11.3 Å². The van der Waals surface area contributed by atoms with Crippen LogP contribution in [0.1, 0.15) is 80.3 Å². The van der Waals surface area contributed by atoms with Gasteiger partial charge in [-0.1, -0.05) is 174 Å². The van der Waals surface area contributed by atoms with E-state index in [2.05, 4.69) is 96.1 Å². The zero-order chi connectivity index (χ0) is 40.2. The maximum Gasteiger partial charge on any atom is 0.200 e. The molecule has 0 N–H and O–H groups in total. The number of ether oxygens (including phenoxy) is 5. The van der Waals surface area contributed by atoms with Gasteiger partial charge in [0.15, 0.2) is 0 Å². The fourth-order valence-electron chi connectivity index (χ4n) is 8.39. The Morgan fingerprint density at radius 1 is 0.561 bits per heavy atom. The lowest BCUT2D eigenvalue weighted by Crippen LogP contribution is -2.58. The molecule has 0 radical (unpaired) electrons. The van der Waals surface area contributed by atoms with Gasteiger partial charge in [0.25, 0.3) is 0 Å². The van der Waals surface area contributed by atoms with Crippen LogP contribution in [0.5, 0.6) is 0 Å². The molecule has 1 saturated heterocycles. The van der Waals surface area contributed by atoms with Gasteiger partial charge < -0.3 is 28.1 Å². The van der Waals surface area contributed by atoms with Crippen LogP contribution in [0, 0.1) is 0 Å². The normalized spacial score (nSPS) is 20.1. The topological polar surface area (TPSA) is 55.4 Å². The first kappa shape index (κ1) is 43.4. The fraction of sp³-hybridized carbons (Fsp3) is 0.417. The van der Waals surface area contributed by atoms with Crippen LogP contribution >= 0.6 is 22.9 Å². The molecular formula is C48H59ClO6SSi. The van der Waals surface area contributed by atoms with Crippen LogP contribution in [-0.4, -0.2) is 39.3 Å². The highest BCUT2D eigenvalue weighted by Crippen LogP contribution is 2.46. The monoisotopic (exact) mass is 826 g/mol. The summed E-state index contributed by atoms with van der Waals surface area (Å²) in [4.78, 5) is 0.963. The van der Waals surface area contributed by atoms with Crippen LogP contribution in [0.15, 0.2) is 127 Å². The average Bonchev–Trinajstić information content (AvgIpc) is 3.59. The molecule has 57 heavy (non-hydrogen) atoms. The van der Waals surface area contributed by atoms with Crippen molar-refractivity contribution in [3.63, 3.8) is 0 Å². The van der Waals surface area contributed by atoms with Gasteiger partial charge in [-0.25, -0.2) is 0 Å². The van der Waals surface area contributed by atoms with E-state index in [-0.39, 0.29) is 0 Å². The summed E-state index contributed by atoms with van der Waals surface area (Å²) in [5.41, 5.74) is 6.62. The van der Waals surface area contributed by atoms with Crippen molar-refractivity contribution in [2.75, 3.05) is 6.61 Å². The summed E-state index contributed by atoms with van der Waals surface area (Å²) in [6, 6.07) is 43.1. The average molecular weight is 828 g/mol. The van der Waals surface area contributed by atoms with Crippen molar-refractivity contribution < 1.29 is 28.1 Å². The minimum atomic E-state index is -2.14. The van der Waals surface area contributed by atoms with Crippen molar-refractivity contribution in [2.24, 2.45) is 0 Å². The quantitative estimate of drug-likeness (QED) is 0.0729. The molecule has 2 heterocycles. The predicted octanol–water partition coefficient (Wildman–Crippen LogP) is 12.5. The molecule has 5 atom stereocenters. The number of halogens is 1. The smallest absolute Gasteiger partial charge is 0.200 e. The zero-order valence-electron chi connectivity index (χ0n) is 34.2. The molecule has 6 nitrogen and oxygen atoms in total. The highest BCUT2D eigenvalue weighted by molar-refractivity contribution is 7.16. The Morgan fingerprint density at radius 3 is 1.44 bits per heavy atom. The van der Waals surface area contributed by atoms with Gasteiger partial charge >= 0.3 is 0 Å². The van der Waals surface area contributed by atoms with Gasteiger partial charge in [-0.05, 0) is 44.9 Å². The van der Waals surface area contributed by atoms with E-state index in [0.29, 0.717) is 60.6 Å². The number of hydrogen-bond acceptors (Lipinski definition) is 7. The second-order valence-electron chi connectivity index (χ2n) is 15.9. The molecular weight excluding hydrogens is 768 g/mol. The van der Waals surface area contributed by atoms with Crippen LogP contribution < -0.4 is 0 Å². The summed E-state index contributed by atoms with van der Waals surface area (Å²) < 4.78 is 42.2. The summed E-state index contributed by atoms with van der Waals surface area (Å²) in [6.07, 6.45) is -2.59. The molecule has 1 aliphatic heterocycles. The highest BCUT2D eigenvalue weighted by Gasteiger charge is 2.50. The van der Waals surface area contributed by atoms with Crippen LogP contribution in [-0.2, 0) is 61.1 Å². The first-order valence-corrected chi connectivity index (χ1v) is 23.6. The third-order valence-electron chi connectivity index (χ3n) is 11.1. The van der Waals surface area contributed by atoms with Gasteiger partial charge in [0, 0.05) is 10.4 Å². The first-order chi connectivity index (χ1) is 27.7. The Kier molecular flexibility index (Phi) is 16.2. The summed E-state index contributed by atoms with van der Waals surface area (Å²) in [7, 11) is -2.14. The Hall–Kier alpha value is -3.15. The Morgan fingerprint density at radius 2 is 0.982 bits per heavy atom. The minimum absolute atomic E-state index is 0.293. The lowest BCUT2D eigenvalue weighted by Gasteiger charge is -2.46. The fourth-order valence-corrected chi connectivity index (χ4v) is 15.1. The molecule has 0 saturated carbocycles. The van der Waals surface area contributed by atoms with Gasteiger partial charge in [-0.2, -0.15) is 0 Å². The molecule has 5 aromatic rings. The maximum absolute atomic E-state index is 7.19. The molecule has 1 aliphatic rings. The molecule has 1 aromatic heterocycles. The molecule has 6 rings (SSSR count). The van der Waals surface area contributed by atoms with Crippen molar-refractivity contribution in [1.29, 1.82) is 0 Å². The third-order valence-corrected chi connectivity index (χ3v) is 18.7. The molecule has 0 aliphatic carbocycles. The van der Waals surface area contributed by atoms with Crippen LogP contribution in [0.2, 0.25) is 21.0 Å². The van der Waals surface area contributed by atoms with E-state index >= 15 is 0 Å². The number of rotatable bonds is 20. The summed E-state index contributed by atoms with van der Waals surface area (Å²) in [6.45, 7) is 16.2. The van der Waals surface area contributed by atoms with Crippen LogP contribution in [0.3, 0.4) is 0 Å². The SMILES string of the molecule is CC(C)[Si](OCc1cc(C2OC(COCc3ccccc3)C(OCc3ccccc3)C(OCc3ccccc3)C2OCc2ccccc2)sc1Cl)(C(C)C)C(C)C. The standard InChI is InChI=1S/C48H59ClO6SSi/c1-34(2)57(35(3)4,36(5)6)54-32-41-27-43(56-48(41)49)45-47(53-31-40-25-17-10-18-26-40)46(52-30-39-23-15-9-16-24-39)44(51-29-38-21-13-8-14-22-38)42(55-45)33-50-28-37-19-11-7-12-20-37/h7-27,34-36,42,44-47H,28-33H2,1-6H3. The largest absolute Gasteiger partial charge is 0.412 e.